The Morgan fingerprint density at radius 3 is 3.00 bits per heavy atom. The molecule has 2 N–H and O–H groups in total. The average molecular weight is 209 g/mol. The summed E-state index contributed by atoms with van der Waals surface area (Å²) < 4.78 is 5.21. The second kappa shape index (κ2) is 4.02. The molecule has 82 valence electrons. The van der Waals surface area contributed by atoms with E-state index in [2.05, 4.69) is 15.6 Å². The van der Waals surface area contributed by atoms with Crippen LogP contribution < -0.4 is 10.6 Å². The number of piperazine rings is 1. The van der Waals surface area contributed by atoms with E-state index in [4.69, 9.17) is 4.42 Å². The van der Waals surface area contributed by atoms with Crippen LogP contribution in [0.4, 0.5) is 0 Å². The van der Waals surface area contributed by atoms with Crippen molar-refractivity contribution in [3.63, 3.8) is 0 Å². The lowest BCUT2D eigenvalue weighted by Crippen LogP contribution is -2.56. The van der Waals surface area contributed by atoms with Gasteiger partial charge in [-0.3, -0.25) is 10.1 Å². The van der Waals surface area contributed by atoms with E-state index in [1.807, 2.05) is 13.8 Å². The Morgan fingerprint density at radius 2 is 2.40 bits per heavy atom. The van der Waals surface area contributed by atoms with Crippen LogP contribution in [0.3, 0.4) is 0 Å². The first-order valence-electron chi connectivity index (χ1n) is 5.11. The fourth-order valence-corrected chi connectivity index (χ4v) is 1.72. The molecule has 5 nitrogen and oxygen atoms in total. The fourth-order valence-electron chi connectivity index (χ4n) is 1.72. The molecule has 0 aliphatic carbocycles. The lowest BCUT2D eigenvalue weighted by Gasteiger charge is -2.31. The number of aromatic nitrogens is 1. The Morgan fingerprint density at radius 1 is 1.60 bits per heavy atom. The minimum Gasteiger partial charge on any atom is -0.447 e. The minimum atomic E-state index is -0.171. The van der Waals surface area contributed by atoms with Gasteiger partial charge in [0.2, 0.25) is 11.8 Å². The van der Waals surface area contributed by atoms with Crippen LogP contribution in [-0.2, 0) is 4.79 Å². The highest BCUT2D eigenvalue weighted by Crippen LogP contribution is 2.16. The van der Waals surface area contributed by atoms with Crippen LogP contribution >= 0.6 is 0 Å². The molecule has 1 unspecified atom stereocenters. The zero-order valence-electron chi connectivity index (χ0n) is 8.86. The van der Waals surface area contributed by atoms with Gasteiger partial charge in [0.1, 0.15) is 12.3 Å². The summed E-state index contributed by atoms with van der Waals surface area (Å²) in [5.41, 5.74) is 0. The molecule has 1 saturated heterocycles. The zero-order valence-corrected chi connectivity index (χ0v) is 8.86. The maximum absolute atomic E-state index is 11.5. The van der Waals surface area contributed by atoms with Gasteiger partial charge in [-0.15, -0.1) is 0 Å². The zero-order chi connectivity index (χ0) is 10.8. The second-order valence-corrected chi connectivity index (χ2v) is 4.06. The number of nitrogens with zero attached hydrogens (tertiary/aromatic N) is 1. The number of oxazole rings is 1. The van der Waals surface area contributed by atoms with E-state index in [1.54, 1.807) is 6.20 Å². The van der Waals surface area contributed by atoms with Crippen molar-refractivity contribution in [2.24, 2.45) is 5.92 Å². The molecule has 5 heteroatoms. The van der Waals surface area contributed by atoms with Crippen LogP contribution in [0.2, 0.25) is 0 Å². The third kappa shape index (κ3) is 2.02. The van der Waals surface area contributed by atoms with Crippen molar-refractivity contribution in [1.82, 2.24) is 15.6 Å². The van der Waals surface area contributed by atoms with Crippen molar-refractivity contribution >= 4 is 5.91 Å². The highest BCUT2D eigenvalue weighted by molar-refractivity contribution is 5.82. The van der Waals surface area contributed by atoms with Gasteiger partial charge in [-0.1, -0.05) is 13.8 Å². The van der Waals surface area contributed by atoms with Gasteiger partial charge in [-0.2, -0.15) is 0 Å². The second-order valence-electron chi connectivity index (χ2n) is 4.06. The summed E-state index contributed by atoms with van der Waals surface area (Å²) in [5, 5.41) is 6.09. The standard InChI is InChI=1S/C10H15N3O2/c1-6(2)8-9(14)12-5-7(13-8)10-11-3-4-15-10/h3-4,6-8,13H,5H2,1-2H3,(H,12,14)/t7?,8-/m0/s1. The Labute approximate surface area is 88.3 Å². The molecule has 0 radical (unpaired) electrons. The Bertz CT molecular complexity index is 334. The van der Waals surface area contributed by atoms with Crippen LogP contribution in [0.5, 0.6) is 0 Å². The Kier molecular flexibility index (Phi) is 2.73. The molecule has 0 spiro atoms. The first-order valence-corrected chi connectivity index (χ1v) is 5.11. The molecule has 1 aromatic heterocycles. The van der Waals surface area contributed by atoms with Crippen LogP contribution in [0.1, 0.15) is 25.8 Å². The third-order valence-electron chi connectivity index (χ3n) is 2.56. The molecular weight excluding hydrogens is 194 g/mol. The Balaban J connectivity index is 2.09. The molecule has 1 aromatic rings. The van der Waals surface area contributed by atoms with Gasteiger partial charge < -0.3 is 9.73 Å². The van der Waals surface area contributed by atoms with Gasteiger partial charge >= 0.3 is 0 Å². The molecule has 2 heterocycles. The summed E-state index contributed by atoms with van der Waals surface area (Å²) in [4.78, 5) is 15.6. The lowest BCUT2D eigenvalue weighted by molar-refractivity contribution is -0.126. The molecule has 0 saturated carbocycles. The van der Waals surface area contributed by atoms with Crippen LogP contribution in [-0.4, -0.2) is 23.5 Å². The van der Waals surface area contributed by atoms with E-state index in [-0.39, 0.29) is 23.9 Å². The van der Waals surface area contributed by atoms with Crippen molar-refractivity contribution in [2.75, 3.05) is 6.54 Å². The molecule has 15 heavy (non-hydrogen) atoms. The maximum atomic E-state index is 11.5. The molecule has 1 aliphatic rings. The van der Waals surface area contributed by atoms with Gasteiger partial charge in [0.15, 0.2) is 0 Å². The van der Waals surface area contributed by atoms with Crippen LogP contribution in [0.25, 0.3) is 0 Å². The monoisotopic (exact) mass is 209 g/mol. The quantitative estimate of drug-likeness (QED) is 0.742. The van der Waals surface area contributed by atoms with Crippen LogP contribution in [0.15, 0.2) is 16.9 Å². The molecule has 2 rings (SSSR count). The third-order valence-corrected chi connectivity index (χ3v) is 2.56. The summed E-state index contributed by atoms with van der Waals surface area (Å²) >= 11 is 0. The van der Waals surface area contributed by atoms with E-state index < -0.39 is 0 Å². The summed E-state index contributed by atoms with van der Waals surface area (Å²) in [6.07, 6.45) is 3.15. The topological polar surface area (TPSA) is 67.2 Å². The van der Waals surface area contributed by atoms with E-state index >= 15 is 0 Å². The molecule has 1 amide bonds. The predicted octanol–water partition coefficient (Wildman–Crippen LogP) is 0.460. The fraction of sp³-hybridized carbons (Fsp3) is 0.600. The van der Waals surface area contributed by atoms with Crippen molar-refractivity contribution in [3.8, 4) is 0 Å². The number of hydrogen-bond acceptors (Lipinski definition) is 4. The summed E-state index contributed by atoms with van der Waals surface area (Å²) in [7, 11) is 0. The number of nitrogens with one attached hydrogen (secondary N) is 2. The molecule has 0 bridgehead atoms. The van der Waals surface area contributed by atoms with Crippen molar-refractivity contribution in [1.29, 1.82) is 0 Å². The van der Waals surface area contributed by atoms with Crippen LogP contribution in [0, 0.1) is 5.92 Å². The van der Waals surface area contributed by atoms with Crippen molar-refractivity contribution < 1.29 is 9.21 Å². The predicted molar refractivity (Wildman–Crippen MR) is 54.0 cm³/mol. The highest BCUT2D eigenvalue weighted by atomic mass is 16.3. The molecular formula is C10H15N3O2. The summed E-state index contributed by atoms with van der Waals surface area (Å²) in [6.45, 7) is 4.55. The minimum absolute atomic E-state index is 0.0231. The van der Waals surface area contributed by atoms with E-state index in [0.717, 1.165) is 0 Å². The van der Waals surface area contributed by atoms with Gasteiger partial charge in [0.05, 0.1) is 12.2 Å². The number of carbonyl (C=O) groups is 1. The number of rotatable bonds is 2. The lowest BCUT2D eigenvalue weighted by atomic mass is 10.00. The number of carbonyl (C=O) groups excluding carboxylic acids is 1. The first kappa shape index (κ1) is 10.2. The van der Waals surface area contributed by atoms with Gasteiger partial charge in [0, 0.05) is 6.54 Å². The molecule has 1 aliphatic heterocycles. The largest absolute Gasteiger partial charge is 0.447 e. The van der Waals surface area contributed by atoms with Gasteiger partial charge in [-0.25, -0.2) is 4.98 Å². The molecule has 2 atom stereocenters. The SMILES string of the molecule is CC(C)[C@@H]1NC(c2ncco2)CNC1=O. The smallest absolute Gasteiger partial charge is 0.237 e. The average Bonchev–Trinajstić information content (AvgIpc) is 2.71. The summed E-state index contributed by atoms with van der Waals surface area (Å²) in [6, 6.07) is -0.194. The van der Waals surface area contributed by atoms with E-state index in [9.17, 15) is 4.79 Å². The van der Waals surface area contributed by atoms with Gasteiger partial charge in [0.25, 0.3) is 0 Å². The molecule has 0 aromatic carbocycles. The first-order chi connectivity index (χ1) is 7.18. The number of hydrogen-bond donors (Lipinski definition) is 2. The van der Waals surface area contributed by atoms with Crippen molar-refractivity contribution in [3.05, 3.63) is 18.4 Å². The highest BCUT2D eigenvalue weighted by Gasteiger charge is 2.32. The summed E-state index contributed by atoms with van der Waals surface area (Å²) in [5.74, 6) is 0.927. The van der Waals surface area contributed by atoms with E-state index in [0.29, 0.717) is 12.4 Å². The van der Waals surface area contributed by atoms with E-state index in [1.165, 1.54) is 6.26 Å². The van der Waals surface area contributed by atoms with Crippen molar-refractivity contribution in [2.45, 2.75) is 25.9 Å². The maximum Gasteiger partial charge on any atom is 0.237 e. The normalized spacial score (nSPS) is 26.7. The van der Waals surface area contributed by atoms with Gasteiger partial charge in [-0.05, 0) is 5.92 Å². The Hall–Kier alpha value is -1.36. The number of amides is 1. The molecule has 1 fully saturated rings.